The lowest BCUT2D eigenvalue weighted by atomic mass is 10.0. The molecular formula is C15H31N3O4S. The molecule has 2 atom stereocenters. The van der Waals surface area contributed by atoms with Gasteiger partial charge in [-0.1, -0.05) is 6.92 Å². The summed E-state index contributed by atoms with van der Waals surface area (Å²) < 4.78 is 33.8. The highest BCUT2D eigenvalue weighted by Crippen LogP contribution is 2.19. The molecule has 1 heterocycles. The van der Waals surface area contributed by atoms with Crippen LogP contribution in [0.15, 0.2) is 0 Å². The van der Waals surface area contributed by atoms with E-state index < -0.39 is 10.2 Å². The Morgan fingerprint density at radius 3 is 2.74 bits per heavy atom. The maximum absolute atomic E-state index is 12.4. The van der Waals surface area contributed by atoms with E-state index in [2.05, 4.69) is 23.5 Å². The molecule has 0 amide bonds. The summed E-state index contributed by atoms with van der Waals surface area (Å²) in [5, 5.41) is 0. The van der Waals surface area contributed by atoms with Gasteiger partial charge in [0.25, 0.3) is 10.2 Å². The van der Waals surface area contributed by atoms with Crippen LogP contribution in [0.1, 0.15) is 40.0 Å². The van der Waals surface area contributed by atoms with Gasteiger partial charge in [0.15, 0.2) is 0 Å². The van der Waals surface area contributed by atoms with Gasteiger partial charge < -0.3 is 9.64 Å². The van der Waals surface area contributed by atoms with E-state index in [9.17, 15) is 13.2 Å². The molecule has 8 heteroatoms. The van der Waals surface area contributed by atoms with Crippen LogP contribution < -0.4 is 4.72 Å². The molecule has 0 spiro atoms. The van der Waals surface area contributed by atoms with E-state index in [-0.39, 0.29) is 18.4 Å². The van der Waals surface area contributed by atoms with Crippen LogP contribution >= 0.6 is 0 Å². The summed E-state index contributed by atoms with van der Waals surface area (Å²) in [6, 6.07) is 0.419. The van der Waals surface area contributed by atoms with Crippen molar-refractivity contribution in [3.8, 4) is 0 Å². The molecule has 0 unspecified atom stereocenters. The Morgan fingerprint density at radius 2 is 2.13 bits per heavy atom. The lowest BCUT2D eigenvalue weighted by molar-refractivity contribution is -0.149. The van der Waals surface area contributed by atoms with Crippen LogP contribution in [0.3, 0.4) is 0 Å². The third-order valence-corrected chi connectivity index (χ3v) is 6.02. The lowest BCUT2D eigenvalue weighted by Crippen LogP contribution is -2.49. The Kier molecular flexibility index (Phi) is 8.46. The molecule has 0 aromatic rings. The number of hydrogen-bond donors (Lipinski definition) is 1. The van der Waals surface area contributed by atoms with E-state index in [1.807, 2.05) is 7.05 Å². The Bertz CT molecular complexity index is 469. The number of carbonyl (C=O) groups is 1. The second-order valence-electron chi connectivity index (χ2n) is 6.09. The average Bonchev–Trinajstić information content (AvgIpc) is 2.54. The highest BCUT2D eigenvalue weighted by atomic mass is 32.2. The first-order valence-electron chi connectivity index (χ1n) is 8.43. The Labute approximate surface area is 140 Å². The molecule has 1 N–H and O–H groups in total. The van der Waals surface area contributed by atoms with E-state index >= 15 is 0 Å². The molecule has 0 bridgehead atoms. The van der Waals surface area contributed by atoms with Gasteiger partial charge in [-0.15, -0.1) is 0 Å². The number of nitrogens with one attached hydrogen (secondary N) is 1. The standard InChI is InChI=1S/C15H31N3O4S/c1-5-13(3)17(4)11-9-16-23(20,21)18-10-7-8-14(12-18)15(19)22-6-2/h13-14,16H,5-12H2,1-4H3/t13-,14+/m0/s1. The van der Waals surface area contributed by atoms with Crippen molar-refractivity contribution >= 4 is 16.2 Å². The van der Waals surface area contributed by atoms with Crippen LogP contribution in [0.5, 0.6) is 0 Å². The molecule has 0 aromatic carbocycles. The van der Waals surface area contributed by atoms with Crippen molar-refractivity contribution in [2.24, 2.45) is 5.92 Å². The van der Waals surface area contributed by atoms with Gasteiger partial charge in [-0.25, -0.2) is 4.72 Å². The van der Waals surface area contributed by atoms with Crippen molar-refractivity contribution < 1.29 is 17.9 Å². The Morgan fingerprint density at radius 1 is 1.43 bits per heavy atom. The molecule has 1 fully saturated rings. The fraction of sp³-hybridized carbons (Fsp3) is 0.933. The third-order valence-electron chi connectivity index (χ3n) is 4.44. The molecule has 23 heavy (non-hydrogen) atoms. The molecule has 1 aliphatic rings. The summed E-state index contributed by atoms with van der Waals surface area (Å²) in [6.45, 7) is 7.97. The molecule has 0 aromatic heterocycles. The number of hydrogen-bond acceptors (Lipinski definition) is 5. The summed E-state index contributed by atoms with van der Waals surface area (Å²) in [5.74, 6) is -0.660. The van der Waals surface area contributed by atoms with Gasteiger partial charge in [-0.2, -0.15) is 12.7 Å². The van der Waals surface area contributed by atoms with Gasteiger partial charge >= 0.3 is 5.97 Å². The number of ether oxygens (including phenoxy) is 1. The first kappa shape index (κ1) is 20.3. The zero-order chi connectivity index (χ0) is 17.5. The fourth-order valence-electron chi connectivity index (χ4n) is 2.59. The van der Waals surface area contributed by atoms with Crippen molar-refractivity contribution in [1.82, 2.24) is 13.9 Å². The quantitative estimate of drug-likeness (QED) is 0.624. The van der Waals surface area contributed by atoms with Crippen molar-refractivity contribution in [3.63, 3.8) is 0 Å². The minimum atomic E-state index is -3.54. The normalized spacial score (nSPS) is 21.3. The highest BCUT2D eigenvalue weighted by Gasteiger charge is 2.32. The molecule has 1 aliphatic heterocycles. The summed E-state index contributed by atoms with van der Waals surface area (Å²) in [6.07, 6.45) is 2.38. The molecule has 7 nitrogen and oxygen atoms in total. The third kappa shape index (κ3) is 6.37. The second-order valence-corrected chi connectivity index (χ2v) is 7.84. The van der Waals surface area contributed by atoms with Gasteiger partial charge in [0, 0.05) is 32.2 Å². The van der Waals surface area contributed by atoms with Crippen LogP contribution in [-0.4, -0.2) is 69.5 Å². The van der Waals surface area contributed by atoms with Crippen molar-refractivity contribution in [1.29, 1.82) is 0 Å². The number of rotatable bonds is 9. The van der Waals surface area contributed by atoms with Crippen LogP contribution in [0.4, 0.5) is 0 Å². The monoisotopic (exact) mass is 349 g/mol. The topological polar surface area (TPSA) is 78.9 Å². The summed E-state index contributed by atoms with van der Waals surface area (Å²) >= 11 is 0. The van der Waals surface area contributed by atoms with Gasteiger partial charge in [0.05, 0.1) is 12.5 Å². The minimum Gasteiger partial charge on any atom is -0.466 e. The van der Waals surface area contributed by atoms with Gasteiger partial charge in [-0.3, -0.25) is 4.79 Å². The molecule has 1 rings (SSSR count). The van der Waals surface area contributed by atoms with E-state index in [1.54, 1.807) is 6.92 Å². The highest BCUT2D eigenvalue weighted by molar-refractivity contribution is 7.87. The molecular weight excluding hydrogens is 318 g/mol. The average molecular weight is 349 g/mol. The molecule has 136 valence electrons. The smallest absolute Gasteiger partial charge is 0.310 e. The SMILES string of the molecule is CCOC(=O)[C@@H]1CCCN(S(=O)(=O)NCCN(C)[C@@H](C)CC)C1. The van der Waals surface area contributed by atoms with Gasteiger partial charge in [-0.05, 0) is 40.2 Å². The maximum Gasteiger partial charge on any atom is 0.310 e. The van der Waals surface area contributed by atoms with Gasteiger partial charge in [0.1, 0.15) is 0 Å². The number of carbonyl (C=O) groups excluding carboxylic acids is 1. The van der Waals surface area contributed by atoms with Crippen LogP contribution in [0, 0.1) is 5.92 Å². The zero-order valence-electron chi connectivity index (χ0n) is 14.7. The van der Waals surface area contributed by atoms with Crippen LogP contribution in [0.25, 0.3) is 0 Å². The van der Waals surface area contributed by atoms with Gasteiger partial charge in [0.2, 0.25) is 0 Å². The molecule has 0 aliphatic carbocycles. The van der Waals surface area contributed by atoms with Crippen LogP contribution in [-0.2, 0) is 19.7 Å². The Balaban J connectivity index is 2.50. The fourth-order valence-corrected chi connectivity index (χ4v) is 3.87. The number of piperidine rings is 1. The van der Waals surface area contributed by atoms with Crippen molar-refractivity contribution in [2.45, 2.75) is 46.1 Å². The first-order valence-corrected chi connectivity index (χ1v) is 9.87. The largest absolute Gasteiger partial charge is 0.466 e. The number of likely N-dealkylation sites (N-methyl/N-ethyl adjacent to an activating group) is 1. The maximum atomic E-state index is 12.4. The number of esters is 1. The number of nitrogens with zero attached hydrogens (tertiary/aromatic N) is 2. The predicted molar refractivity (Wildman–Crippen MR) is 90.2 cm³/mol. The predicted octanol–water partition coefficient (Wildman–Crippen LogP) is 0.826. The second kappa shape index (κ2) is 9.56. The van der Waals surface area contributed by atoms with Crippen molar-refractivity contribution in [2.75, 3.05) is 39.8 Å². The summed E-state index contributed by atoms with van der Waals surface area (Å²) in [5.41, 5.74) is 0. The molecule has 0 saturated carbocycles. The molecule has 0 radical (unpaired) electrons. The van der Waals surface area contributed by atoms with E-state index in [4.69, 9.17) is 4.74 Å². The zero-order valence-corrected chi connectivity index (χ0v) is 15.6. The summed E-state index contributed by atoms with van der Waals surface area (Å²) in [4.78, 5) is 13.9. The van der Waals surface area contributed by atoms with E-state index in [0.717, 1.165) is 6.42 Å². The van der Waals surface area contributed by atoms with Crippen molar-refractivity contribution in [3.05, 3.63) is 0 Å². The minimum absolute atomic E-state index is 0.204. The Hall–Kier alpha value is -0.700. The van der Waals surface area contributed by atoms with E-state index in [1.165, 1.54) is 4.31 Å². The van der Waals surface area contributed by atoms with Crippen LogP contribution in [0.2, 0.25) is 0 Å². The summed E-state index contributed by atoms with van der Waals surface area (Å²) in [7, 11) is -1.56. The first-order chi connectivity index (χ1) is 10.8. The van der Waals surface area contributed by atoms with E-state index in [0.29, 0.717) is 45.1 Å². The lowest BCUT2D eigenvalue weighted by Gasteiger charge is -2.31. The molecule has 1 saturated heterocycles.